The van der Waals surface area contributed by atoms with Gasteiger partial charge >= 0.3 is 5.91 Å². The van der Waals surface area contributed by atoms with Crippen molar-refractivity contribution >= 4 is 61.6 Å². The summed E-state index contributed by atoms with van der Waals surface area (Å²) in [6, 6.07) is 10.2. The highest BCUT2D eigenvalue weighted by Crippen LogP contribution is 2.28. The second-order valence-electron chi connectivity index (χ2n) is 5.27. The average Bonchev–Trinajstić information content (AvgIpc) is 3.02. The van der Waals surface area contributed by atoms with Crippen LogP contribution in [-0.4, -0.2) is 23.8 Å². The van der Waals surface area contributed by atoms with Gasteiger partial charge in [0.2, 0.25) is 0 Å². The fourth-order valence-electron chi connectivity index (χ4n) is 2.30. The van der Waals surface area contributed by atoms with E-state index in [2.05, 4.69) is 49.0 Å². The minimum absolute atomic E-state index is 0.0367. The van der Waals surface area contributed by atoms with Crippen molar-refractivity contribution in [2.45, 2.75) is 6.92 Å². The summed E-state index contributed by atoms with van der Waals surface area (Å²) in [5, 5.41) is 14.6. The van der Waals surface area contributed by atoms with Crippen LogP contribution in [0.15, 0.2) is 50.4 Å². The lowest BCUT2D eigenvalue weighted by atomic mass is 10.2. The van der Waals surface area contributed by atoms with Crippen molar-refractivity contribution in [1.29, 1.82) is 0 Å². The van der Waals surface area contributed by atoms with Crippen LogP contribution in [0, 0.1) is 3.57 Å². The number of furan rings is 1. The van der Waals surface area contributed by atoms with Gasteiger partial charge in [0.05, 0.1) is 16.4 Å². The predicted octanol–water partition coefficient (Wildman–Crippen LogP) is 4.67. The SMILES string of the molecule is CCOc1ccc(O)c(/C=N\NC(=O)c2cc3cc(Br)cc(I)c3o2)c1. The van der Waals surface area contributed by atoms with Crippen LogP contribution in [-0.2, 0) is 0 Å². The number of rotatable bonds is 5. The number of carbonyl (C=O) groups excluding carboxylic acids is 1. The highest BCUT2D eigenvalue weighted by molar-refractivity contribution is 14.1. The van der Waals surface area contributed by atoms with E-state index < -0.39 is 5.91 Å². The second-order valence-corrected chi connectivity index (χ2v) is 7.35. The number of nitrogens with zero attached hydrogens (tertiary/aromatic N) is 1. The van der Waals surface area contributed by atoms with Crippen molar-refractivity contribution in [1.82, 2.24) is 5.43 Å². The quantitative estimate of drug-likeness (QED) is 0.286. The number of phenolic OH excluding ortho intramolecular Hbond substituents is 1. The van der Waals surface area contributed by atoms with E-state index in [4.69, 9.17) is 9.15 Å². The normalized spacial score (nSPS) is 11.2. The average molecular weight is 529 g/mol. The van der Waals surface area contributed by atoms with Gasteiger partial charge in [0.25, 0.3) is 0 Å². The molecule has 1 amide bonds. The lowest BCUT2D eigenvalue weighted by molar-refractivity contribution is 0.0929. The predicted molar refractivity (Wildman–Crippen MR) is 111 cm³/mol. The first-order chi connectivity index (χ1) is 12.5. The molecule has 0 bridgehead atoms. The molecule has 0 aliphatic rings. The number of hydrogen-bond acceptors (Lipinski definition) is 5. The van der Waals surface area contributed by atoms with E-state index >= 15 is 0 Å². The number of amides is 1. The zero-order chi connectivity index (χ0) is 18.7. The Morgan fingerprint density at radius 2 is 2.19 bits per heavy atom. The summed E-state index contributed by atoms with van der Waals surface area (Å²) in [6.07, 6.45) is 1.35. The zero-order valence-electron chi connectivity index (χ0n) is 13.6. The number of nitrogens with one attached hydrogen (secondary N) is 1. The molecular formula is C18H14BrIN2O4. The van der Waals surface area contributed by atoms with Crippen molar-refractivity contribution in [3.8, 4) is 11.5 Å². The third kappa shape index (κ3) is 4.18. The highest BCUT2D eigenvalue weighted by Gasteiger charge is 2.14. The van der Waals surface area contributed by atoms with E-state index in [1.165, 1.54) is 12.3 Å². The van der Waals surface area contributed by atoms with Crippen molar-refractivity contribution in [2.24, 2.45) is 5.10 Å². The van der Waals surface area contributed by atoms with Crippen LogP contribution >= 0.6 is 38.5 Å². The van der Waals surface area contributed by atoms with Crippen LogP contribution < -0.4 is 10.2 Å². The molecule has 0 radical (unpaired) electrons. The Morgan fingerprint density at radius 1 is 1.38 bits per heavy atom. The molecule has 0 saturated heterocycles. The van der Waals surface area contributed by atoms with Crippen LogP contribution in [0.5, 0.6) is 11.5 Å². The molecular weight excluding hydrogens is 515 g/mol. The molecule has 6 nitrogen and oxygen atoms in total. The maximum atomic E-state index is 12.2. The summed E-state index contributed by atoms with van der Waals surface area (Å²) >= 11 is 5.56. The first kappa shape index (κ1) is 18.7. The monoisotopic (exact) mass is 528 g/mol. The molecule has 2 aromatic carbocycles. The van der Waals surface area contributed by atoms with Gasteiger partial charge in [-0.2, -0.15) is 5.10 Å². The number of ether oxygens (including phenoxy) is 1. The number of phenols is 1. The summed E-state index contributed by atoms with van der Waals surface area (Å²) in [7, 11) is 0. The molecule has 2 N–H and O–H groups in total. The third-order valence-electron chi connectivity index (χ3n) is 3.44. The Balaban J connectivity index is 1.76. The van der Waals surface area contributed by atoms with Gasteiger partial charge in [-0.3, -0.25) is 4.79 Å². The van der Waals surface area contributed by atoms with Crippen molar-refractivity contribution in [2.75, 3.05) is 6.61 Å². The van der Waals surface area contributed by atoms with Crippen LogP contribution in [0.2, 0.25) is 0 Å². The molecule has 1 heterocycles. The fraction of sp³-hybridized carbons (Fsp3) is 0.111. The van der Waals surface area contributed by atoms with Crippen molar-refractivity contribution < 1.29 is 19.1 Å². The Bertz CT molecular complexity index is 1000. The van der Waals surface area contributed by atoms with Gasteiger partial charge in [-0.05, 0) is 65.9 Å². The zero-order valence-corrected chi connectivity index (χ0v) is 17.4. The lowest BCUT2D eigenvalue weighted by Gasteiger charge is -2.05. The number of carbonyl (C=O) groups is 1. The maximum absolute atomic E-state index is 12.2. The molecule has 134 valence electrons. The molecule has 0 fully saturated rings. The molecule has 26 heavy (non-hydrogen) atoms. The van der Waals surface area contributed by atoms with Gasteiger partial charge < -0.3 is 14.3 Å². The molecule has 3 aromatic rings. The fourth-order valence-corrected chi connectivity index (χ4v) is 3.96. The molecule has 0 saturated carbocycles. The van der Waals surface area contributed by atoms with E-state index in [0.717, 1.165) is 13.4 Å². The Morgan fingerprint density at radius 3 is 2.96 bits per heavy atom. The van der Waals surface area contributed by atoms with Crippen LogP contribution in [0.1, 0.15) is 23.0 Å². The maximum Gasteiger partial charge on any atom is 0.307 e. The van der Waals surface area contributed by atoms with E-state index in [-0.39, 0.29) is 11.5 Å². The highest BCUT2D eigenvalue weighted by atomic mass is 127. The van der Waals surface area contributed by atoms with Crippen molar-refractivity contribution in [3.63, 3.8) is 0 Å². The number of aromatic hydroxyl groups is 1. The smallest absolute Gasteiger partial charge is 0.307 e. The van der Waals surface area contributed by atoms with E-state index in [1.54, 1.807) is 18.2 Å². The molecule has 0 spiro atoms. The number of hydrogen-bond donors (Lipinski definition) is 2. The minimum Gasteiger partial charge on any atom is -0.507 e. The van der Waals surface area contributed by atoms with Crippen LogP contribution in [0.3, 0.4) is 0 Å². The Kier molecular flexibility index (Phi) is 5.82. The van der Waals surface area contributed by atoms with Gasteiger partial charge in [0.1, 0.15) is 17.1 Å². The number of hydrazone groups is 1. The second kappa shape index (κ2) is 8.09. The molecule has 0 aliphatic heterocycles. The topological polar surface area (TPSA) is 84.1 Å². The number of halogens is 2. The minimum atomic E-state index is -0.482. The van der Waals surface area contributed by atoms with Gasteiger partial charge in [0, 0.05) is 15.4 Å². The van der Waals surface area contributed by atoms with Gasteiger partial charge in [0.15, 0.2) is 5.76 Å². The van der Waals surface area contributed by atoms with Crippen LogP contribution in [0.4, 0.5) is 0 Å². The third-order valence-corrected chi connectivity index (χ3v) is 4.70. The molecule has 0 aliphatic carbocycles. The summed E-state index contributed by atoms with van der Waals surface area (Å²) in [6.45, 7) is 2.38. The summed E-state index contributed by atoms with van der Waals surface area (Å²) in [4.78, 5) is 12.2. The molecule has 0 unspecified atom stereocenters. The Hall–Kier alpha value is -2.07. The summed E-state index contributed by atoms with van der Waals surface area (Å²) in [5.74, 6) is 0.315. The van der Waals surface area contributed by atoms with Gasteiger partial charge in [-0.1, -0.05) is 15.9 Å². The standard InChI is InChI=1S/C18H14BrIN2O4/c1-2-25-13-3-4-15(23)11(6-13)9-21-22-18(24)16-7-10-5-12(19)8-14(20)17(10)26-16/h3-9,23H,2H2,1H3,(H,22,24)/b21-9-. The van der Waals surface area contributed by atoms with E-state index in [1.807, 2.05) is 19.1 Å². The molecule has 0 atom stereocenters. The number of benzene rings is 2. The van der Waals surface area contributed by atoms with Crippen molar-refractivity contribution in [3.05, 3.63) is 55.8 Å². The van der Waals surface area contributed by atoms with Gasteiger partial charge in [-0.15, -0.1) is 0 Å². The van der Waals surface area contributed by atoms with E-state index in [9.17, 15) is 9.90 Å². The first-order valence-electron chi connectivity index (χ1n) is 7.65. The summed E-state index contributed by atoms with van der Waals surface area (Å²) < 4.78 is 12.8. The first-order valence-corrected chi connectivity index (χ1v) is 9.53. The molecule has 1 aromatic heterocycles. The van der Waals surface area contributed by atoms with Crippen LogP contribution in [0.25, 0.3) is 11.0 Å². The molecule has 3 rings (SSSR count). The summed E-state index contributed by atoms with van der Waals surface area (Å²) in [5.41, 5.74) is 3.47. The van der Waals surface area contributed by atoms with Gasteiger partial charge in [-0.25, -0.2) is 5.43 Å². The lowest BCUT2D eigenvalue weighted by Crippen LogP contribution is -2.16. The largest absolute Gasteiger partial charge is 0.507 e. The molecule has 8 heteroatoms. The Labute approximate surface area is 171 Å². The van der Waals surface area contributed by atoms with E-state index in [0.29, 0.717) is 23.5 Å². The number of fused-ring (bicyclic) bond motifs is 1.